The number of aromatic amines is 1. The topological polar surface area (TPSA) is 186 Å². The molecule has 15 heteroatoms. The van der Waals surface area contributed by atoms with Crippen LogP contribution in [-0.4, -0.2) is 57.3 Å². The number of ether oxygens (including phenoxy) is 4. The number of carbonyl (C=O) groups is 3. The molecule has 4 atom stereocenters. The minimum absolute atomic E-state index is 0.102. The van der Waals surface area contributed by atoms with Crippen molar-refractivity contribution in [3.63, 3.8) is 0 Å². The SMILES string of the molecule is O=C(OC[C@H]1O[C@@H](n2c(=O)[nH]c(=O)c3cc([N+](=O)[O-])c(Cl)cc32)[C@H](OC(=O)c2ccccc2)[C@@H]1OC(=O)c1ccccc1)c1ccccc1. The number of nitro groups is 1. The molecule has 0 bridgehead atoms. The Bertz CT molecular complexity index is 2170. The third-order valence-corrected chi connectivity index (χ3v) is 7.94. The fourth-order valence-electron chi connectivity index (χ4n) is 5.32. The molecular weight excluding hydrogens is 662 g/mol. The van der Waals surface area contributed by atoms with Crippen LogP contribution in [-0.2, 0) is 18.9 Å². The molecule has 1 fully saturated rings. The maximum Gasteiger partial charge on any atom is 0.338 e. The predicted octanol–water partition coefficient (Wildman–Crippen LogP) is 4.46. The summed E-state index contributed by atoms with van der Waals surface area (Å²) in [6.07, 6.45) is -6.11. The number of carbonyl (C=O) groups excluding carboxylic acids is 3. The molecular formula is C34H24ClN3O11. The number of H-pyrrole nitrogens is 1. The van der Waals surface area contributed by atoms with E-state index in [0.29, 0.717) is 0 Å². The molecule has 1 aliphatic heterocycles. The van der Waals surface area contributed by atoms with E-state index in [4.69, 9.17) is 30.5 Å². The van der Waals surface area contributed by atoms with Gasteiger partial charge in [0.1, 0.15) is 17.7 Å². The number of nitro benzene ring substituents is 1. The first kappa shape index (κ1) is 32.8. The minimum Gasteiger partial charge on any atom is -0.459 e. The summed E-state index contributed by atoms with van der Waals surface area (Å²) in [5.41, 5.74) is -2.41. The first-order valence-electron chi connectivity index (χ1n) is 14.6. The number of nitrogens with one attached hydrogen (secondary N) is 1. The van der Waals surface area contributed by atoms with E-state index in [1.165, 1.54) is 36.4 Å². The van der Waals surface area contributed by atoms with Crippen molar-refractivity contribution >= 4 is 46.1 Å². The second-order valence-electron chi connectivity index (χ2n) is 10.7. The molecule has 1 aromatic heterocycles. The van der Waals surface area contributed by atoms with Gasteiger partial charge < -0.3 is 18.9 Å². The summed E-state index contributed by atoms with van der Waals surface area (Å²) in [6.45, 7) is -0.543. The van der Waals surface area contributed by atoms with Crippen LogP contribution in [0.2, 0.25) is 5.02 Å². The van der Waals surface area contributed by atoms with E-state index in [-0.39, 0.29) is 27.6 Å². The van der Waals surface area contributed by atoms with E-state index in [0.717, 1.165) is 16.7 Å². The molecule has 2 heterocycles. The van der Waals surface area contributed by atoms with Crippen molar-refractivity contribution in [1.82, 2.24) is 9.55 Å². The number of rotatable bonds is 9. The number of fused-ring (bicyclic) bond motifs is 1. The lowest BCUT2D eigenvalue weighted by Crippen LogP contribution is -2.43. The summed E-state index contributed by atoms with van der Waals surface area (Å²) >= 11 is 6.20. The van der Waals surface area contributed by atoms with Crippen LogP contribution in [0, 0.1) is 10.1 Å². The highest BCUT2D eigenvalue weighted by molar-refractivity contribution is 6.33. The third-order valence-electron chi connectivity index (χ3n) is 7.64. The zero-order valence-corrected chi connectivity index (χ0v) is 25.9. The van der Waals surface area contributed by atoms with Crippen LogP contribution in [0.5, 0.6) is 0 Å². The van der Waals surface area contributed by atoms with Gasteiger partial charge in [-0.15, -0.1) is 0 Å². The molecule has 248 valence electrons. The molecule has 49 heavy (non-hydrogen) atoms. The minimum atomic E-state index is -1.65. The average Bonchev–Trinajstić information content (AvgIpc) is 3.43. The molecule has 5 aromatic rings. The van der Waals surface area contributed by atoms with E-state index >= 15 is 0 Å². The molecule has 0 unspecified atom stereocenters. The van der Waals surface area contributed by atoms with Crippen LogP contribution in [0.4, 0.5) is 5.69 Å². The molecule has 4 aromatic carbocycles. The molecule has 0 spiro atoms. The molecule has 1 N–H and O–H groups in total. The Morgan fingerprint density at radius 1 is 0.796 bits per heavy atom. The lowest BCUT2D eigenvalue weighted by Gasteiger charge is -2.25. The van der Waals surface area contributed by atoms with Crippen molar-refractivity contribution < 1.29 is 38.3 Å². The van der Waals surface area contributed by atoms with Gasteiger partial charge in [-0.25, -0.2) is 19.2 Å². The van der Waals surface area contributed by atoms with E-state index in [2.05, 4.69) is 4.98 Å². The van der Waals surface area contributed by atoms with Gasteiger partial charge in [0.05, 0.1) is 32.5 Å². The van der Waals surface area contributed by atoms with E-state index in [9.17, 15) is 34.1 Å². The van der Waals surface area contributed by atoms with Crippen LogP contribution in [0.15, 0.2) is 113 Å². The van der Waals surface area contributed by atoms with Crippen molar-refractivity contribution in [3.05, 3.63) is 156 Å². The molecule has 14 nitrogen and oxygen atoms in total. The van der Waals surface area contributed by atoms with Crippen molar-refractivity contribution in [3.8, 4) is 0 Å². The van der Waals surface area contributed by atoms with Crippen LogP contribution in [0.25, 0.3) is 10.9 Å². The van der Waals surface area contributed by atoms with Gasteiger partial charge >= 0.3 is 23.6 Å². The Kier molecular flexibility index (Phi) is 9.33. The summed E-state index contributed by atoms with van der Waals surface area (Å²) < 4.78 is 24.3. The Morgan fingerprint density at radius 3 is 1.84 bits per heavy atom. The molecule has 1 aliphatic rings. The highest BCUT2D eigenvalue weighted by Gasteiger charge is 2.52. The first-order chi connectivity index (χ1) is 23.6. The average molecular weight is 686 g/mol. The van der Waals surface area contributed by atoms with Gasteiger partial charge in [0, 0.05) is 6.07 Å². The van der Waals surface area contributed by atoms with Crippen molar-refractivity contribution in [2.45, 2.75) is 24.5 Å². The van der Waals surface area contributed by atoms with Crippen molar-refractivity contribution in [1.29, 1.82) is 0 Å². The molecule has 1 saturated heterocycles. The van der Waals surface area contributed by atoms with Crippen molar-refractivity contribution in [2.24, 2.45) is 0 Å². The zero-order chi connectivity index (χ0) is 34.7. The number of aromatic nitrogens is 2. The van der Waals surface area contributed by atoms with E-state index < -0.39 is 75.9 Å². The van der Waals surface area contributed by atoms with E-state index in [1.54, 1.807) is 54.6 Å². The third kappa shape index (κ3) is 6.81. The summed E-state index contributed by atoms with van der Waals surface area (Å²) in [4.78, 5) is 79.0. The molecule has 0 amide bonds. The second-order valence-corrected chi connectivity index (χ2v) is 11.1. The smallest absolute Gasteiger partial charge is 0.338 e. The lowest BCUT2D eigenvalue weighted by molar-refractivity contribution is -0.384. The maximum atomic E-state index is 13.5. The lowest BCUT2D eigenvalue weighted by atomic mass is 10.1. The highest BCUT2D eigenvalue weighted by atomic mass is 35.5. The fourth-order valence-corrected chi connectivity index (χ4v) is 5.55. The van der Waals surface area contributed by atoms with Gasteiger partial charge in [-0.1, -0.05) is 66.2 Å². The molecule has 6 rings (SSSR count). The fraction of sp³-hybridized carbons (Fsp3) is 0.147. The summed E-state index contributed by atoms with van der Waals surface area (Å²) in [7, 11) is 0. The number of hydrogen-bond acceptors (Lipinski definition) is 11. The van der Waals surface area contributed by atoms with E-state index in [1.807, 2.05) is 0 Å². The molecule has 0 saturated carbocycles. The monoisotopic (exact) mass is 685 g/mol. The standard InChI is InChI=1S/C34H24ClN3O11/c35-23-17-24-22(16-25(23)38(44)45)29(39)36-34(43)37(24)30-28(49-33(42)21-14-8-3-9-15-21)27(48-32(41)20-12-6-2-7-13-20)26(47-30)18-46-31(40)19-10-4-1-5-11-19/h1-17,26-28,30H,18H2,(H,36,39,43)/t26-,27-,28-,30-/m1/s1. The predicted molar refractivity (Wildman–Crippen MR) is 172 cm³/mol. The number of esters is 3. The Labute approximate surface area is 280 Å². The van der Waals surface area contributed by atoms with Crippen LogP contribution >= 0.6 is 11.6 Å². The first-order valence-corrected chi connectivity index (χ1v) is 15.0. The summed E-state index contributed by atoms with van der Waals surface area (Å²) in [5, 5.41) is 10.9. The van der Waals surface area contributed by atoms with Crippen LogP contribution in [0.3, 0.4) is 0 Å². The number of halogens is 1. The molecule has 0 radical (unpaired) electrons. The Balaban J connectivity index is 1.47. The number of benzene rings is 4. The normalized spacial score (nSPS) is 18.5. The Hall–Kier alpha value is -6.12. The number of hydrogen-bond donors (Lipinski definition) is 1. The van der Waals surface area contributed by atoms with Gasteiger partial charge in [0.25, 0.3) is 11.2 Å². The van der Waals surface area contributed by atoms with Gasteiger partial charge in [0.2, 0.25) is 0 Å². The quantitative estimate of drug-likeness (QED) is 0.0999. The number of nitrogens with zero attached hydrogens (tertiary/aromatic N) is 2. The Morgan fingerprint density at radius 2 is 1.31 bits per heavy atom. The second kappa shape index (κ2) is 13.9. The van der Waals surface area contributed by atoms with Crippen LogP contribution < -0.4 is 11.2 Å². The van der Waals surface area contributed by atoms with Crippen molar-refractivity contribution in [2.75, 3.05) is 6.61 Å². The zero-order valence-electron chi connectivity index (χ0n) is 25.1. The molecule has 0 aliphatic carbocycles. The summed E-state index contributed by atoms with van der Waals surface area (Å²) in [5.74, 6) is -2.49. The van der Waals surface area contributed by atoms with Gasteiger partial charge in [0.15, 0.2) is 18.4 Å². The summed E-state index contributed by atoms with van der Waals surface area (Å²) in [6, 6.07) is 25.6. The van der Waals surface area contributed by atoms with Crippen LogP contribution in [0.1, 0.15) is 37.3 Å². The highest BCUT2D eigenvalue weighted by Crippen LogP contribution is 2.37. The largest absolute Gasteiger partial charge is 0.459 e. The van der Waals surface area contributed by atoms with Gasteiger partial charge in [-0.3, -0.25) is 24.5 Å². The van der Waals surface area contributed by atoms with Gasteiger partial charge in [-0.05, 0) is 42.5 Å². The van der Waals surface area contributed by atoms with Gasteiger partial charge in [-0.2, -0.15) is 0 Å². The maximum absolute atomic E-state index is 13.5.